The molecule has 8 heteroatoms. The molecule has 2 aliphatic heterocycles. The molecule has 2 aliphatic rings. The number of fused-ring (bicyclic) bond motifs is 2. The van der Waals surface area contributed by atoms with Gasteiger partial charge in [0.15, 0.2) is 5.54 Å². The van der Waals surface area contributed by atoms with Gasteiger partial charge in [-0.2, -0.15) is 0 Å². The van der Waals surface area contributed by atoms with Gasteiger partial charge >= 0.3 is 6.03 Å². The normalized spacial score (nSPS) is 21.4. The minimum absolute atomic E-state index is 0.177. The van der Waals surface area contributed by atoms with Crippen molar-refractivity contribution in [2.75, 3.05) is 13.3 Å². The minimum atomic E-state index is -1.26. The first kappa shape index (κ1) is 17.6. The standard InChI is InChI=1S/C21H17FN4O3/c22-16-5-3-14-10-26(12-29-18(14)9-16)11-21(19(27)24-20(28)25-21)15-4-6-17-13(8-15)2-1-7-23-17/h1-9H,10-12H2,(H2,24,25,27,28). The Balaban J connectivity index is 1.51. The van der Waals surface area contributed by atoms with E-state index in [1.807, 2.05) is 29.2 Å². The Bertz CT molecular complexity index is 1150. The molecule has 0 spiro atoms. The maximum absolute atomic E-state index is 13.4. The lowest BCUT2D eigenvalue weighted by Gasteiger charge is -2.36. The highest BCUT2D eigenvalue weighted by molar-refractivity contribution is 6.08. The van der Waals surface area contributed by atoms with Gasteiger partial charge in [0, 0.05) is 36.3 Å². The van der Waals surface area contributed by atoms with Gasteiger partial charge in [-0.15, -0.1) is 0 Å². The summed E-state index contributed by atoms with van der Waals surface area (Å²) in [5, 5.41) is 6.02. The molecule has 3 amide bonds. The van der Waals surface area contributed by atoms with E-state index >= 15 is 0 Å². The van der Waals surface area contributed by atoms with Crippen LogP contribution in [-0.4, -0.2) is 35.1 Å². The Labute approximate surface area is 165 Å². The molecule has 0 bridgehead atoms. The molecule has 1 aromatic heterocycles. The van der Waals surface area contributed by atoms with Crippen molar-refractivity contribution in [2.45, 2.75) is 12.1 Å². The Morgan fingerprint density at radius 3 is 2.90 bits per heavy atom. The first-order valence-corrected chi connectivity index (χ1v) is 9.16. The molecule has 3 aromatic rings. The highest BCUT2D eigenvalue weighted by Crippen LogP contribution is 2.32. The second-order valence-corrected chi connectivity index (χ2v) is 7.24. The van der Waals surface area contributed by atoms with Crippen molar-refractivity contribution in [3.8, 4) is 5.75 Å². The summed E-state index contributed by atoms with van der Waals surface area (Å²) in [6, 6.07) is 13.1. The summed E-state index contributed by atoms with van der Waals surface area (Å²) < 4.78 is 19.1. The maximum Gasteiger partial charge on any atom is 0.322 e. The number of rotatable bonds is 3. The molecule has 5 rings (SSSR count). The molecular formula is C21H17FN4O3. The molecule has 1 fully saturated rings. The van der Waals surface area contributed by atoms with Crippen LogP contribution in [0.4, 0.5) is 9.18 Å². The maximum atomic E-state index is 13.4. The van der Waals surface area contributed by atoms with Crippen molar-refractivity contribution < 1.29 is 18.7 Å². The van der Waals surface area contributed by atoms with Crippen molar-refractivity contribution in [3.05, 3.63) is 71.7 Å². The van der Waals surface area contributed by atoms with E-state index in [0.717, 1.165) is 16.5 Å². The first-order valence-electron chi connectivity index (χ1n) is 9.16. The van der Waals surface area contributed by atoms with E-state index in [2.05, 4.69) is 15.6 Å². The summed E-state index contributed by atoms with van der Waals surface area (Å²) in [5.74, 6) is -0.288. The number of pyridine rings is 1. The van der Waals surface area contributed by atoms with Gasteiger partial charge in [-0.05, 0) is 29.8 Å². The summed E-state index contributed by atoms with van der Waals surface area (Å²) in [7, 11) is 0. The van der Waals surface area contributed by atoms with E-state index in [-0.39, 0.29) is 19.1 Å². The number of urea groups is 1. The lowest BCUT2D eigenvalue weighted by Crippen LogP contribution is -2.53. The summed E-state index contributed by atoms with van der Waals surface area (Å²) in [4.78, 5) is 31.1. The number of hydrogen-bond donors (Lipinski definition) is 2. The smallest absolute Gasteiger partial charge is 0.322 e. The zero-order valence-electron chi connectivity index (χ0n) is 15.3. The molecule has 1 unspecified atom stereocenters. The molecule has 2 aromatic carbocycles. The van der Waals surface area contributed by atoms with Crippen LogP contribution in [0.25, 0.3) is 10.9 Å². The van der Waals surface area contributed by atoms with Gasteiger partial charge in [-0.1, -0.05) is 18.2 Å². The quantitative estimate of drug-likeness (QED) is 0.668. The van der Waals surface area contributed by atoms with Crippen LogP contribution in [0.2, 0.25) is 0 Å². The predicted molar refractivity (Wildman–Crippen MR) is 102 cm³/mol. The molecule has 3 heterocycles. The number of carbonyl (C=O) groups excluding carboxylic acids is 2. The third-order valence-corrected chi connectivity index (χ3v) is 5.32. The van der Waals surface area contributed by atoms with Crippen LogP contribution in [0.15, 0.2) is 54.7 Å². The number of aromatic nitrogens is 1. The molecule has 29 heavy (non-hydrogen) atoms. The summed E-state index contributed by atoms with van der Waals surface area (Å²) in [6.45, 7) is 0.847. The first-order chi connectivity index (χ1) is 14.0. The fourth-order valence-corrected chi connectivity index (χ4v) is 3.92. The number of carbonyl (C=O) groups is 2. The van der Waals surface area contributed by atoms with Gasteiger partial charge in [0.05, 0.1) is 5.52 Å². The van der Waals surface area contributed by atoms with Gasteiger partial charge in [0.2, 0.25) is 0 Å². The SMILES string of the molecule is O=C1NC(=O)C(CN2COc3cc(F)ccc3C2)(c2ccc3ncccc3c2)N1. The Morgan fingerprint density at radius 2 is 2.07 bits per heavy atom. The van der Waals surface area contributed by atoms with Crippen LogP contribution in [0.3, 0.4) is 0 Å². The highest BCUT2D eigenvalue weighted by Gasteiger charge is 2.49. The zero-order chi connectivity index (χ0) is 20.0. The van der Waals surface area contributed by atoms with Crippen molar-refractivity contribution >= 4 is 22.8 Å². The lowest BCUT2D eigenvalue weighted by molar-refractivity contribution is -0.125. The Hall–Kier alpha value is -3.52. The second-order valence-electron chi connectivity index (χ2n) is 7.24. The number of ether oxygens (including phenoxy) is 1. The third kappa shape index (κ3) is 2.98. The third-order valence-electron chi connectivity index (χ3n) is 5.32. The van der Waals surface area contributed by atoms with Crippen molar-refractivity contribution in [1.82, 2.24) is 20.5 Å². The molecule has 0 radical (unpaired) electrons. The van der Waals surface area contributed by atoms with E-state index in [0.29, 0.717) is 17.9 Å². The summed E-state index contributed by atoms with van der Waals surface area (Å²) >= 11 is 0. The number of halogens is 1. The number of imide groups is 1. The molecule has 0 saturated carbocycles. The molecule has 0 aliphatic carbocycles. The second kappa shape index (κ2) is 6.52. The van der Waals surface area contributed by atoms with Crippen molar-refractivity contribution in [3.63, 3.8) is 0 Å². The molecule has 1 saturated heterocycles. The van der Waals surface area contributed by atoms with E-state index < -0.39 is 17.5 Å². The van der Waals surface area contributed by atoms with Gasteiger partial charge in [-0.3, -0.25) is 20.0 Å². The van der Waals surface area contributed by atoms with Crippen LogP contribution in [0, 0.1) is 5.82 Å². The summed E-state index contributed by atoms with van der Waals surface area (Å²) in [5.41, 5.74) is 1.02. The van der Waals surface area contributed by atoms with Crippen molar-refractivity contribution in [2.24, 2.45) is 0 Å². The highest BCUT2D eigenvalue weighted by atomic mass is 19.1. The number of amides is 3. The van der Waals surface area contributed by atoms with Crippen LogP contribution < -0.4 is 15.4 Å². The lowest BCUT2D eigenvalue weighted by atomic mass is 9.88. The molecule has 2 N–H and O–H groups in total. The van der Waals surface area contributed by atoms with Gasteiger partial charge in [-0.25, -0.2) is 9.18 Å². The number of nitrogens with one attached hydrogen (secondary N) is 2. The predicted octanol–water partition coefficient (Wildman–Crippen LogP) is 2.26. The number of nitrogens with zero attached hydrogens (tertiary/aromatic N) is 2. The van der Waals surface area contributed by atoms with Crippen LogP contribution in [-0.2, 0) is 16.9 Å². The number of hydrogen-bond acceptors (Lipinski definition) is 5. The van der Waals surface area contributed by atoms with Crippen LogP contribution in [0.5, 0.6) is 5.75 Å². The monoisotopic (exact) mass is 392 g/mol. The van der Waals surface area contributed by atoms with Crippen LogP contribution >= 0.6 is 0 Å². The fraction of sp³-hybridized carbons (Fsp3) is 0.190. The van der Waals surface area contributed by atoms with Gasteiger partial charge in [0.25, 0.3) is 5.91 Å². The van der Waals surface area contributed by atoms with Gasteiger partial charge < -0.3 is 10.1 Å². The van der Waals surface area contributed by atoms with Crippen LogP contribution in [0.1, 0.15) is 11.1 Å². The van der Waals surface area contributed by atoms with Crippen molar-refractivity contribution in [1.29, 1.82) is 0 Å². The summed E-state index contributed by atoms with van der Waals surface area (Å²) in [6.07, 6.45) is 1.70. The zero-order valence-corrected chi connectivity index (χ0v) is 15.3. The van der Waals surface area contributed by atoms with Gasteiger partial charge in [0.1, 0.15) is 18.3 Å². The topological polar surface area (TPSA) is 83.6 Å². The number of benzene rings is 2. The van der Waals surface area contributed by atoms with E-state index in [1.165, 1.54) is 12.1 Å². The molecule has 1 atom stereocenters. The minimum Gasteiger partial charge on any atom is -0.478 e. The molecule has 146 valence electrons. The average Bonchev–Trinajstić information content (AvgIpc) is 3.01. The largest absolute Gasteiger partial charge is 0.478 e. The molecule has 7 nitrogen and oxygen atoms in total. The average molecular weight is 392 g/mol. The Morgan fingerprint density at radius 1 is 1.17 bits per heavy atom. The van der Waals surface area contributed by atoms with E-state index in [4.69, 9.17) is 4.74 Å². The van der Waals surface area contributed by atoms with E-state index in [1.54, 1.807) is 18.3 Å². The van der Waals surface area contributed by atoms with E-state index in [9.17, 15) is 14.0 Å². The fourth-order valence-electron chi connectivity index (χ4n) is 3.92. The molecular weight excluding hydrogens is 375 g/mol. The Kier molecular flexibility index (Phi) is 3.95.